The molecular weight excluding hydrogens is 304 g/mol. The zero-order valence-electron chi connectivity index (χ0n) is 11.1. The summed E-state index contributed by atoms with van der Waals surface area (Å²) in [6.07, 6.45) is 7.44. The van der Waals surface area contributed by atoms with Crippen LogP contribution < -0.4 is 0 Å². The molecule has 1 atom stereocenters. The normalized spacial score (nSPS) is 12.1. The number of carbonyl (C=O) groups is 1. The minimum Gasteiger partial charge on any atom is -0.481 e. The van der Waals surface area contributed by atoms with Crippen molar-refractivity contribution in [3.05, 3.63) is 47.0 Å². The second-order valence-corrected chi connectivity index (χ2v) is 5.71. The van der Waals surface area contributed by atoms with Crippen LogP contribution in [0, 0.1) is 5.92 Å². The minimum atomic E-state index is -0.691. The molecule has 0 spiro atoms. The van der Waals surface area contributed by atoms with Gasteiger partial charge in [-0.2, -0.15) is 0 Å². The molecule has 104 valence electrons. The maximum Gasteiger partial charge on any atom is 0.306 e. The highest BCUT2D eigenvalue weighted by Crippen LogP contribution is 2.19. The van der Waals surface area contributed by atoms with E-state index in [9.17, 15) is 9.90 Å². The zero-order chi connectivity index (χ0) is 14.1. The van der Waals surface area contributed by atoms with Gasteiger partial charge in [0.25, 0.3) is 0 Å². The number of carboxylic acids is 1. The molecule has 0 fully saturated rings. The van der Waals surface area contributed by atoms with E-state index >= 15 is 0 Å². The average molecular weight is 325 g/mol. The van der Waals surface area contributed by atoms with Gasteiger partial charge >= 0.3 is 5.97 Å². The molecule has 3 heteroatoms. The summed E-state index contributed by atoms with van der Waals surface area (Å²) in [5.41, 5.74) is 1.08. The van der Waals surface area contributed by atoms with E-state index < -0.39 is 5.97 Å². The molecule has 0 aliphatic carbocycles. The van der Waals surface area contributed by atoms with Crippen LogP contribution in [0.15, 0.2) is 41.4 Å². The monoisotopic (exact) mass is 324 g/mol. The van der Waals surface area contributed by atoms with E-state index in [1.807, 2.05) is 30.3 Å². The third-order valence-corrected chi connectivity index (χ3v) is 3.67. The predicted molar refractivity (Wildman–Crippen MR) is 82.3 cm³/mol. The Hall–Kier alpha value is -1.09. The molecule has 2 nitrogen and oxygen atoms in total. The predicted octanol–water partition coefficient (Wildman–Crippen LogP) is 4.83. The van der Waals surface area contributed by atoms with Crippen molar-refractivity contribution in [2.45, 2.75) is 38.5 Å². The van der Waals surface area contributed by atoms with E-state index in [1.165, 1.54) is 0 Å². The Bertz CT molecular complexity index is 415. The van der Waals surface area contributed by atoms with Crippen molar-refractivity contribution in [3.63, 3.8) is 0 Å². The van der Waals surface area contributed by atoms with Gasteiger partial charge in [-0.05, 0) is 43.4 Å². The van der Waals surface area contributed by atoms with Gasteiger partial charge in [0, 0.05) is 4.47 Å². The first kappa shape index (κ1) is 16.0. The quantitative estimate of drug-likeness (QED) is 0.521. The molecule has 0 aliphatic rings. The van der Waals surface area contributed by atoms with Gasteiger partial charge in [-0.3, -0.25) is 4.79 Å². The SMILES string of the molecule is C=CCCCCCC(Cc1cccc(Br)c1)C(=O)O. The van der Waals surface area contributed by atoms with E-state index in [0.29, 0.717) is 6.42 Å². The number of hydrogen-bond acceptors (Lipinski definition) is 1. The fourth-order valence-corrected chi connectivity index (χ4v) is 2.56. The van der Waals surface area contributed by atoms with Crippen LogP contribution in [0.4, 0.5) is 0 Å². The summed E-state index contributed by atoms with van der Waals surface area (Å²) in [6.45, 7) is 3.69. The largest absolute Gasteiger partial charge is 0.481 e. The first-order chi connectivity index (χ1) is 9.13. The van der Waals surface area contributed by atoms with E-state index in [-0.39, 0.29) is 5.92 Å². The third-order valence-electron chi connectivity index (χ3n) is 3.18. The number of hydrogen-bond donors (Lipinski definition) is 1. The molecule has 0 aromatic heterocycles. The number of rotatable bonds is 9. The van der Waals surface area contributed by atoms with Gasteiger partial charge in [-0.25, -0.2) is 0 Å². The lowest BCUT2D eigenvalue weighted by atomic mass is 9.93. The molecule has 0 saturated heterocycles. The number of allylic oxidation sites excluding steroid dienone is 1. The van der Waals surface area contributed by atoms with E-state index in [0.717, 1.165) is 42.1 Å². The summed E-state index contributed by atoms with van der Waals surface area (Å²) in [5, 5.41) is 9.28. The Morgan fingerprint density at radius 2 is 2.16 bits per heavy atom. The Balaban J connectivity index is 2.44. The van der Waals surface area contributed by atoms with Gasteiger partial charge in [0.1, 0.15) is 0 Å². The van der Waals surface area contributed by atoms with Crippen LogP contribution in [0.3, 0.4) is 0 Å². The number of aliphatic carboxylic acids is 1. The lowest BCUT2D eigenvalue weighted by molar-refractivity contribution is -0.142. The molecule has 1 aromatic rings. The second kappa shape index (κ2) is 8.92. The maximum atomic E-state index is 11.3. The van der Waals surface area contributed by atoms with Gasteiger partial charge in [0.2, 0.25) is 0 Å². The Labute approximate surface area is 123 Å². The highest BCUT2D eigenvalue weighted by Gasteiger charge is 2.17. The fraction of sp³-hybridized carbons (Fsp3) is 0.438. The van der Waals surface area contributed by atoms with Crippen molar-refractivity contribution in [1.29, 1.82) is 0 Å². The third kappa shape index (κ3) is 6.58. The fourth-order valence-electron chi connectivity index (χ4n) is 2.12. The van der Waals surface area contributed by atoms with Gasteiger partial charge in [0.05, 0.1) is 5.92 Å². The first-order valence-electron chi connectivity index (χ1n) is 6.71. The van der Waals surface area contributed by atoms with E-state index in [2.05, 4.69) is 22.5 Å². The molecular formula is C16H21BrO2. The molecule has 0 heterocycles. The van der Waals surface area contributed by atoms with Gasteiger partial charge in [-0.1, -0.05) is 47.0 Å². The summed E-state index contributed by atoms with van der Waals surface area (Å²) in [7, 11) is 0. The van der Waals surface area contributed by atoms with Crippen molar-refractivity contribution in [3.8, 4) is 0 Å². The highest BCUT2D eigenvalue weighted by atomic mass is 79.9. The molecule has 19 heavy (non-hydrogen) atoms. The van der Waals surface area contributed by atoms with Crippen molar-refractivity contribution >= 4 is 21.9 Å². The summed E-state index contributed by atoms with van der Waals surface area (Å²) in [5.74, 6) is -0.971. The summed E-state index contributed by atoms with van der Waals surface area (Å²) in [6, 6.07) is 7.88. The van der Waals surface area contributed by atoms with Crippen LogP contribution >= 0.6 is 15.9 Å². The van der Waals surface area contributed by atoms with Crippen LogP contribution in [0.2, 0.25) is 0 Å². The Morgan fingerprint density at radius 1 is 1.37 bits per heavy atom. The van der Waals surface area contributed by atoms with Gasteiger partial charge in [0.15, 0.2) is 0 Å². The topological polar surface area (TPSA) is 37.3 Å². The Morgan fingerprint density at radius 3 is 2.79 bits per heavy atom. The van der Waals surface area contributed by atoms with E-state index in [4.69, 9.17) is 0 Å². The minimum absolute atomic E-state index is 0.280. The average Bonchev–Trinajstić information content (AvgIpc) is 2.37. The van der Waals surface area contributed by atoms with Crippen LogP contribution in [-0.2, 0) is 11.2 Å². The standard InChI is InChI=1S/C16H21BrO2/c1-2-3-4-5-6-9-14(16(18)19)11-13-8-7-10-15(17)12-13/h2,7-8,10,12,14H,1,3-6,9,11H2,(H,18,19). The molecule has 1 unspecified atom stereocenters. The smallest absolute Gasteiger partial charge is 0.306 e. The molecule has 0 amide bonds. The molecule has 0 aliphatic heterocycles. The lowest BCUT2D eigenvalue weighted by Gasteiger charge is -2.12. The summed E-state index contributed by atoms with van der Waals surface area (Å²) < 4.78 is 1.00. The van der Waals surface area contributed by atoms with Crippen LogP contribution in [-0.4, -0.2) is 11.1 Å². The maximum absolute atomic E-state index is 11.3. The molecule has 0 radical (unpaired) electrons. The van der Waals surface area contributed by atoms with Crippen molar-refractivity contribution in [2.24, 2.45) is 5.92 Å². The summed E-state index contributed by atoms with van der Waals surface area (Å²) in [4.78, 5) is 11.3. The van der Waals surface area contributed by atoms with Crippen molar-refractivity contribution < 1.29 is 9.90 Å². The first-order valence-corrected chi connectivity index (χ1v) is 7.51. The Kier molecular flexibility index (Phi) is 7.49. The van der Waals surface area contributed by atoms with Gasteiger partial charge in [-0.15, -0.1) is 6.58 Å². The molecule has 0 bridgehead atoms. The van der Waals surface area contributed by atoms with Crippen molar-refractivity contribution in [1.82, 2.24) is 0 Å². The number of benzene rings is 1. The molecule has 1 aromatic carbocycles. The molecule has 1 N–H and O–H groups in total. The number of carboxylic acid groups (broad SMARTS) is 1. The summed E-state index contributed by atoms with van der Waals surface area (Å²) >= 11 is 3.41. The molecule has 0 saturated carbocycles. The van der Waals surface area contributed by atoms with Crippen LogP contribution in [0.25, 0.3) is 0 Å². The zero-order valence-corrected chi connectivity index (χ0v) is 12.7. The highest BCUT2D eigenvalue weighted by molar-refractivity contribution is 9.10. The van der Waals surface area contributed by atoms with Crippen LogP contribution in [0.5, 0.6) is 0 Å². The second-order valence-electron chi connectivity index (χ2n) is 4.80. The van der Waals surface area contributed by atoms with Crippen molar-refractivity contribution in [2.75, 3.05) is 0 Å². The number of unbranched alkanes of at least 4 members (excludes halogenated alkanes) is 3. The van der Waals surface area contributed by atoms with Crippen LogP contribution in [0.1, 0.15) is 37.7 Å². The molecule has 1 rings (SSSR count). The van der Waals surface area contributed by atoms with Gasteiger partial charge < -0.3 is 5.11 Å². The van der Waals surface area contributed by atoms with E-state index in [1.54, 1.807) is 0 Å². The number of halogens is 1. The lowest BCUT2D eigenvalue weighted by Crippen LogP contribution is -2.16.